The molecule has 0 amide bonds. The van der Waals surface area contributed by atoms with Crippen molar-refractivity contribution < 1.29 is 14.3 Å². The van der Waals surface area contributed by atoms with Crippen molar-refractivity contribution in [3.05, 3.63) is 0 Å². The number of hydrogen-bond acceptors (Lipinski definition) is 4. The molecule has 0 aromatic rings. The maximum atomic E-state index is 11.3. The van der Waals surface area contributed by atoms with Gasteiger partial charge in [0.1, 0.15) is 0 Å². The minimum absolute atomic E-state index is 0.0931. The van der Waals surface area contributed by atoms with E-state index >= 15 is 0 Å². The molecule has 14 heavy (non-hydrogen) atoms. The van der Waals surface area contributed by atoms with Crippen LogP contribution in [-0.4, -0.2) is 17.3 Å². The lowest BCUT2D eigenvalue weighted by molar-refractivity contribution is -0.175. The van der Waals surface area contributed by atoms with Crippen molar-refractivity contribution in [2.45, 2.75) is 40.9 Å². The number of carbonyl (C=O) groups is 1. The van der Waals surface area contributed by atoms with Crippen molar-refractivity contribution in [1.82, 2.24) is 0 Å². The van der Waals surface area contributed by atoms with Crippen LogP contribution in [0, 0.1) is 11.8 Å². The number of ether oxygens (including phenoxy) is 2. The molecular formula is C10H18O3S. The van der Waals surface area contributed by atoms with Crippen molar-refractivity contribution >= 4 is 23.2 Å². The molecule has 82 valence electrons. The molecule has 3 nitrogen and oxygen atoms in total. The van der Waals surface area contributed by atoms with Gasteiger partial charge in [-0.2, -0.15) is 0 Å². The van der Waals surface area contributed by atoms with Crippen LogP contribution < -0.4 is 0 Å². The SMILES string of the molecule is CC(=S)O[C@@H](OC(=O)C(C)C)C(C)C. The summed E-state index contributed by atoms with van der Waals surface area (Å²) in [5.41, 5.74) is 0. The summed E-state index contributed by atoms with van der Waals surface area (Å²) in [5, 5.41) is 0.389. The van der Waals surface area contributed by atoms with Gasteiger partial charge in [0.2, 0.25) is 6.29 Å². The summed E-state index contributed by atoms with van der Waals surface area (Å²) >= 11 is 4.80. The highest BCUT2D eigenvalue weighted by Gasteiger charge is 2.21. The summed E-state index contributed by atoms with van der Waals surface area (Å²) < 4.78 is 10.4. The number of esters is 1. The zero-order valence-corrected chi connectivity index (χ0v) is 10.2. The third-order valence-electron chi connectivity index (χ3n) is 1.53. The fourth-order valence-corrected chi connectivity index (χ4v) is 0.805. The lowest BCUT2D eigenvalue weighted by atomic mass is 10.2. The van der Waals surface area contributed by atoms with Gasteiger partial charge in [0, 0.05) is 12.8 Å². The highest BCUT2D eigenvalue weighted by atomic mass is 32.1. The fraction of sp³-hybridized carbons (Fsp3) is 0.800. The van der Waals surface area contributed by atoms with Crippen LogP contribution in [0.3, 0.4) is 0 Å². The fourth-order valence-electron chi connectivity index (χ4n) is 0.710. The Morgan fingerprint density at radius 3 is 1.93 bits per heavy atom. The normalized spacial score (nSPS) is 12.8. The predicted octanol–water partition coefficient (Wildman–Crippen LogP) is 2.53. The Kier molecular flexibility index (Phi) is 5.69. The molecule has 0 heterocycles. The molecule has 0 aliphatic carbocycles. The van der Waals surface area contributed by atoms with Gasteiger partial charge in [0.05, 0.1) is 5.92 Å². The minimum atomic E-state index is -0.567. The quantitative estimate of drug-likeness (QED) is 0.412. The minimum Gasteiger partial charge on any atom is -0.448 e. The van der Waals surface area contributed by atoms with E-state index in [0.717, 1.165) is 0 Å². The molecule has 0 rings (SSSR count). The van der Waals surface area contributed by atoms with Crippen LogP contribution in [0.5, 0.6) is 0 Å². The van der Waals surface area contributed by atoms with E-state index in [1.807, 2.05) is 13.8 Å². The van der Waals surface area contributed by atoms with Gasteiger partial charge >= 0.3 is 5.97 Å². The van der Waals surface area contributed by atoms with Crippen molar-refractivity contribution in [3.8, 4) is 0 Å². The molecule has 0 aliphatic heterocycles. The third-order valence-corrected chi connectivity index (χ3v) is 1.63. The predicted molar refractivity (Wildman–Crippen MR) is 58.9 cm³/mol. The zero-order chi connectivity index (χ0) is 11.3. The summed E-state index contributed by atoms with van der Waals surface area (Å²) in [7, 11) is 0. The molecule has 0 unspecified atom stereocenters. The van der Waals surface area contributed by atoms with Crippen molar-refractivity contribution in [2.75, 3.05) is 0 Å². The van der Waals surface area contributed by atoms with Crippen LogP contribution in [0.25, 0.3) is 0 Å². The maximum Gasteiger partial charge on any atom is 0.311 e. The molecule has 0 aromatic carbocycles. The van der Waals surface area contributed by atoms with Crippen molar-refractivity contribution in [3.63, 3.8) is 0 Å². The second-order valence-corrected chi connectivity index (χ2v) is 4.39. The maximum absolute atomic E-state index is 11.3. The van der Waals surface area contributed by atoms with Crippen molar-refractivity contribution in [2.24, 2.45) is 11.8 Å². The highest BCUT2D eigenvalue weighted by Crippen LogP contribution is 2.11. The lowest BCUT2D eigenvalue weighted by Crippen LogP contribution is -2.29. The summed E-state index contributed by atoms with van der Waals surface area (Å²) in [5.74, 6) is -0.319. The van der Waals surface area contributed by atoms with Crippen molar-refractivity contribution in [1.29, 1.82) is 0 Å². The van der Waals surface area contributed by atoms with Crippen LogP contribution >= 0.6 is 12.2 Å². The average Bonchev–Trinajstić information content (AvgIpc) is 2.01. The molecular weight excluding hydrogens is 200 g/mol. The standard InChI is InChI=1S/C10H18O3S/c1-6(2)9(11)13-10(7(3)4)12-8(5)14/h6-7,10H,1-5H3/t10-/m0/s1. The van der Waals surface area contributed by atoms with E-state index in [9.17, 15) is 4.79 Å². The number of rotatable bonds is 4. The average molecular weight is 218 g/mol. The number of thiocarbonyl (C=S) groups is 1. The van der Waals surface area contributed by atoms with E-state index in [0.29, 0.717) is 5.05 Å². The molecule has 0 N–H and O–H groups in total. The Labute approximate surface area is 90.8 Å². The van der Waals surface area contributed by atoms with Crippen LogP contribution in [0.15, 0.2) is 0 Å². The van der Waals surface area contributed by atoms with Gasteiger partial charge in [-0.25, -0.2) is 0 Å². The first kappa shape index (κ1) is 13.4. The molecule has 0 spiro atoms. The number of hydrogen-bond donors (Lipinski definition) is 0. The van der Waals surface area contributed by atoms with Gasteiger partial charge in [0.15, 0.2) is 5.05 Å². The topological polar surface area (TPSA) is 35.5 Å². The van der Waals surface area contributed by atoms with Gasteiger partial charge < -0.3 is 9.47 Å². The first-order valence-electron chi connectivity index (χ1n) is 4.72. The van der Waals surface area contributed by atoms with Crippen LogP contribution in [0.4, 0.5) is 0 Å². The molecule has 0 aliphatic rings. The molecule has 1 atom stereocenters. The summed E-state index contributed by atoms with van der Waals surface area (Å²) in [6.07, 6.45) is -0.567. The largest absolute Gasteiger partial charge is 0.448 e. The smallest absolute Gasteiger partial charge is 0.311 e. The first-order valence-corrected chi connectivity index (χ1v) is 5.13. The first-order chi connectivity index (χ1) is 6.34. The molecule has 0 saturated carbocycles. The number of carbonyl (C=O) groups excluding carboxylic acids is 1. The second-order valence-electron chi connectivity index (χ2n) is 3.81. The monoisotopic (exact) mass is 218 g/mol. The third kappa shape index (κ3) is 5.17. The summed E-state index contributed by atoms with van der Waals surface area (Å²) in [4.78, 5) is 11.3. The molecule has 0 fully saturated rings. The Hall–Kier alpha value is -0.640. The van der Waals surface area contributed by atoms with Gasteiger partial charge in [-0.15, -0.1) is 0 Å². The van der Waals surface area contributed by atoms with E-state index in [2.05, 4.69) is 0 Å². The Morgan fingerprint density at radius 1 is 1.14 bits per heavy atom. The Morgan fingerprint density at radius 2 is 1.64 bits per heavy atom. The van der Waals surface area contributed by atoms with E-state index in [-0.39, 0.29) is 17.8 Å². The summed E-state index contributed by atoms with van der Waals surface area (Å²) in [6, 6.07) is 0. The van der Waals surface area contributed by atoms with Crippen LogP contribution in [0.1, 0.15) is 34.6 Å². The van der Waals surface area contributed by atoms with E-state index in [4.69, 9.17) is 21.7 Å². The Balaban J connectivity index is 4.23. The van der Waals surface area contributed by atoms with Gasteiger partial charge in [-0.1, -0.05) is 27.7 Å². The lowest BCUT2D eigenvalue weighted by Gasteiger charge is -2.22. The molecule has 0 saturated heterocycles. The van der Waals surface area contributed by atoms with Crippen LogP contribution in [0.2, 0.25) is 0 Å². The van der Waals surface area contributed by atoms with E-state index in [1.165, 1.54) is 0 Å². The molecule has 4 heteroatoms. The molecule has 0 radical (unpaired) electrons. The summed E-state index contributed by atoms with van der Waals surface area (Å²) in [6.45, 7) is 9.05. The zero-order valence-electron chi connectivity index (χ0n) is 9.37. The molecule has 0 aromatic heterocycles. The van der Waals surface area contributed by atoms with E-state index in [1.54, 1.807) is 20.8 Å². The highest BCUT2D eigenvalue weighted by molar-refractivity contribution is 7.80. The Bertz CT molecular complexity index is 211. The van der Waals surface area contributed by atoms with Gasteiger partial charge in [-0.05, 0) is 12.2 Å². The van der Waals surface area contributed by atoms with Gasteiger partial charge in [-0.3, -0.25) is 4.79 Å². The van der Waals surface area contributed by atoms with E-state index < -0.39 is 6.29 Å². The van der Waals surface area contributed by atoms with Crippen LogP contribution in [-0.2, 0) is 14.3 Å². The molecule has 0 bridgehead atoms. The second kappa shape index (κ2) is 5.96. The van der Waals surface area contributed by atoms with Gasteiger partial charge in [0.25, 0.3) is 0 Å².